The maximum Gasteiger partial charge on any atom is 0.328 e. The van der Waals surface area contributed by atoms with Gasteiger partial charge >= 0.3 is 5.97 Å². The van der Waals surface area contributed by atoms with E-state index in [9.17, 15) is 14.4 Å². The van der Waals surface area contributed by atoms with Crippen molar-refractivity contribution in [2.45, 2.75) is 31.5 Å². The molecule has 0 fully saturated rings. The monoisotopic (exact) mass is 457 g/mol. The number of likely N-dealkylation sites (N-methyl/N-ethyl adjacent to an activating group) is 1. The number of carbonyl (C=O) groups is 3. The fraction of sp³-hybridized carbons (Fsp3) is 0.375. The van der Waals surface area contributed by atoms with Gasteiger partial charge in [-0.05, 0) is 49.4 Å². The molecule has 9 heteroatoms. The smallest absolute Gasteiger partial charge is 0.328 e. The van der Waals surface area contributed by atoms with E-state index in [0.29, 0.717) is 11.5 Å². The highest BCUT2D eigenvalue weighted by Gasteiger charge is 2.27. The highest BCUT2D eigenvalue weighted by molar-refractivity contribution is 5.92. The van der Waals surface area contributed by atoms with E-state index in [1.54, 1.807) is 76.7 Å². The Morgan fingerprint density at radius 1 is 0.818 bits per heavy atom. The molecule has 0 unspecified atom stereocenters. The van der Waals surface area contributed by atoms with Gasteiger partial charge in [0, 0.05) is 6.42 Å². The van der Waals surface area contributed by atoms with Crippen LogP contribution in [0.2, 0.25) is 0 Å². The van der Waals surface area contributed by atoms with Gasteiger partial charge in [0.2, 0.25) is 11.8 Å². The summed E-state index contributed by atoms with van der Waals surface area (Å²) >= 11 is 0. The molecule has 178 valence electrons. The molecule has 3 atom stereocenters. The highest BCUT2D eigenvalue weighted by Crippen LogP contribution is 2.18. The van der Waals surface area contributed by atoms with Crippen LogP contribution < -0.4 is 25.4 Å². The lowest BCUT2D eigenvalue weighted by Gasteiger charge is -2.22. The van der Waals surface area contributed by atoms with Crippen LogP contribution >= 0.6 is 0 Å². The summed E-state index contributed by atoms with van der Waals surface area (Å²) in [7, 11) is 6.04. The van der Waals surface area contributed by atoms with Gasteiger partial charge in [0.05, 0.1) is 21.3 Å². The van der Waals surface area contributed by atoms with E-state index in [-0.39, 0.29) is 12.3 Å². The largest absolute Gasteiger partial charge is 0.497 e. The lowest BCUT2D eigenvalue weighted by Crippen LogP contribution is -2.52. The van der Waals surface area contributed by atoms with Gasteiger partial charge in [-0.1, -0.05) is 24.3 Å². The zero-order valence-electron chi connectivity index (χ0n) is 19.5. The van der Waals surface area contributed by atoms with E-state index in [2.05, 4.69) is 16.0 Å². The van der Waals surface area contributed by atoms with E-state index >= 15 is 0 Å². The number of benzene rings is 2. The summed E-state index contributed by atoms with van der Waals surface area (Å²) in [6.07, 6.45) is 0.230. The number of esters is 1. The molecule has 0 saturated carbocycles. The molecule has 9 nitrogen and oxygen atoms in total. The molecule has 0 radical (unpaired) electrons. The summed E-state index contributed by atoms with van der Waals surface area (Å²) in [6, 6.07) is 11.7. The Morgan fingerprint density at radius 2 is 1.36 bits per heavy atom. The van der Waals surface area contributed by atoms with Crippen molar-refractivity contribution in [2.24, 2.45) is 0 Å². The van der Waals surface area contributed by atoms with E-state index in [4.69, 9.17) is 14.2 Å². The van der Waals surface area contributed by atoms with Crippen LogP contribution in [-0.4, -0.2) is 58.2 Å². The molecule has 2 amide bonds. The standard InChI is InChI=1S/C24H31N3O6/c1-15(26-23(29)21(25-2)17-8-12-19(32-4)13-9-17)22(28)27-20(24(30)33-5)14-16-6-10-18(31-3)11-7-16/h6-13,15,20-21,25H,14H2,1-5H3,(H,26,29)(H,27,28)/t15-,20-,21-/m0/s1. The zero-order chi connectivity index (χ0) is 24.4. The molecule has 0 aliphatic rings. The Morgan fingerprint density at radius 3 is 1.85 bits per heavy atom. The van der Waals surface area contributed by atoms with Crippen molar-refractivity contribution < 1.29 is 28.6 Å². The molecular formula is C24H31N3O6. The van der Waals surface area contributed by atoms with Crippen LogP contribution in [0.5, 0.6) is 11.5 Å². The van der Waals surface area contributed by atoms with Crippen LogP contribution in [0.3, 0.4) is 0 Å². The normalized spacial score (nSPS) is 13.2. The average Bonchev–Trinajstić information content (AvgIpc) is 2.84. The second-order valence-corrected chi connectivity index (χ2v) is 7.36. The second-order valence-electron chi connectivity index (χ2n) is 7.36. The molecule has 0 heterocycles. The van der Waals surface area contributed by atoms with Crippen LogP contribution in [0.15, 0.2) is 48.5 Å². The molecular weight excluding hydrogens is 426 g/mol. The van der Waals surface area contributed by atoms with Gasteiger partial charge in [-0.3, -0.25) is 9.59 Å². The average molecular weight is 458 g/mol. The third-order valence-electron chi connectivity index (χ3n) is 5.15. The first kappa shape index (κ1) is 25.7. The zero-order valence-corrected chi connectivity index (χ0v) is 19.5. The van der Waals surface area contributed by atoms with Crippen LogP contribution in [0, 0.1) is 0 Å². The van der Waals surface area contributed by atoms with Gasteiger partial charge in [-0.2, -0.15) is 0 Å². The van der Waals surface area contributed by atoms with Crippen molar-refractivity contribution in [1.29, 1.82) is 0 Å². The first-order chi connectivity index (χ1) is 15.8. The van der Waals surface area contributed by atoms with E-state index in [1.807, 2.05) is 0 Å². The van der Waals surface area contributed by atoms with E-state index < -0.39 is 30.0 Å². The minimum Gasteiger partial charge on any atom is -0.497 e. The first-order valence-corrected chi connectivity index (χ1v) is 10.5. The number of amides is 2. The quantitative estimate of drug-likeness (QED) is 0.437. The van der Waals surface area contributed by atoms with Crippen molar-refractivity contribution in [3.8, 4) is 11.5 Å². The van der Waals surface area contributed by atoms with Gasteiger partial charge in [0.15, 0.2) is 0 Å². The SMILES string of the molecule is CN[C@H](C(=O)N[C@@H](C)C(=O)N[C@@H](Cc1ccc(OC)cc1)C(=O)OC)c1ccc(OC)cc1. The predicted octanol–water partition coefficient (Wildman–Crippen LogP) is 1.37. The molecule has 2 aromatic rings. The van der Waals surface area contributed by atoms with Crippen LogP contribution in [-0.2, 0) is 25.5 Å². The number of hydrogen-bond donors (Lipinski definition) is 3. The molecule has 0 aliphatic heterocycles. The fourth-order valence-corrected chi connectivity index (χ4v) is 3.24. The number of carbonyl (C=O) groups excluding carboxylic acids is 3. The summed E-state index contributed by atoms with van der Waals surface area (Å²) < 4.78 is 15.1. The predicted molar refractivity (Wildman–Crippen MR) is 123 cm³/mol. The molecule has 2 rings (SSSR count). The molecule has 3 N–H and O–H groups in total. The van der Waals surface area contributed by atoms with Crippen LogP contribution in [0.1, 0.15) is 24.1 Å². The third kappa shape index (κ3) is 7.21. The van der Waals surface area contributed by atoms with Crippen LogP contribution in [0.25, 0.3) is 0 Å². The molecule has 0 saturated heterocycles. The highest BCUT2D eigenvalue weighted by atomic mass is 16.5. The van der Waals surface area contributed by atoms with Gasteiger partial charge < -0.3 is 30.2 Å². The first-order valence-electron chi connectivity index (χ1n) is 10.5. The molecule has 0 spiro atoms. The Bertz CT molecular complexity index is 930. The summed E-state index contributed by atoms with van der Waals surface area (Å²) in [6.45, 7) is 1.55. The molecule has 0 aliphatic carbocycles. The minimum atomic E-state index is -0.906. The number of nitrogens with one attached hydrogen (secondary N) is 3. The Kier molecular flexibility index (Phi) is 9.68. The lowest BCUT2D eigenvalue weighted by molar-refractivity contribution is -0.145. The maximum absolute atomic E-state index is 12.8. The minimum absolute atomic E-state index is 0.230. The van der Waals surface area contributed by atoms with Crippen molar-refractivity contribution in [1.82, 2.24) is 16.0 Å². The number of methoxy groups -OCH3 is 3. The molecule has 33 heavy (non-hydrogen) atoms. The number of hydrogen-bond acceptors (Lipinski definition) is 7. The topological polar surface area (TPSA) is 115 Å². The summed E-state index contributed by atoms with van der Waals surface area (Å²) in [5.74, 6) is -0.104. The third-order valence-corrected chi connectivity index (χ3v) is 5.15. The summed E-state index contributed by atoms with van der Waals surface area (Å²) in [5, 5.41) is 8.29. The maximum atomic E-state index is 12.8. The number of ether oxygens (including phenoxy) is 3. The molecule has 0 bridgehead atoms. The Balaban J connectivity index is 2.03. The second kappa shape index (κ2) is 12.4. The van der Waals surface area contributed by atoms with E-state index in [0.717, 1.165) is 11.1 Å². The molecule has 2 aromatic carbocycles. The van der Waals surface area contributed by atoms with Crippen molar-refractivity contribution >= 4 is 17.8 Å². The molecule has 0 aromatic heterocycles. The van der Waals surface area contributed by atoms with Gasteiger partial charge in [0.1, 0.15) is 29.6 Å². The van der Waals surface area contributed by atoms with Gasteiger partial charge in [-0.25, -0.2) is 4.79 Å². The van der Waals surface area contributed by atoms with Crippen LogP contribution in [0.4, 0.5) is 0 Å². The van der Waals surface area contributed by atoms with Crippen molar-refractivity contribution in [3.05, 3.63) is 59.7 Å². The van der Waals surface area contributed by atoms with Crippen molar-refractivity contribution in [2.75, 3.05) is 28.4 Å². The van der Waals surface area contributed by atoms with Crippen molar-refractivity contribution in [3.63, 3.8) is 0 Å². The van der Waals surface area contributed by atoms with Gasteiger partial charge in [0.25, 0.3) is 0 Å². The fourth-order valence-electron chi connectivity index (χ4n) is 3.24. The Labute approximate surface area is 193 Å². The number of rotatable bonds is 11. The lowest BCUT2D eigenvalue weighted by atomic mass is 10.0. The van der Waals surface area contributed by atoms with Gasteiger partial charge in [-0.15, -0.1) is 0 Å². The summed E-state index contributed by atoms with van der Waals surface area (Å²) in [5.41, 5.74) is 1.54. The summed E-state index contributed by atoms with van der Waals surface area (Å²) in [4.78, 5) is 37.8. The van der Waals surface area contributed by atoms with E-state index in [1.165, 1.54) is 7.11 Å². The Hall–Kier alpha value is -3.59.